The zero-order chi connectivity index (χ0) is 8.29. The minimum atomic E-state index is 0.888. The maximum atomic E-state index is 4.19. The molecular formula is C12H16. The molecule has 0 saturated heterocycles. The molecule has 0 aromatic heterocycles. The van der Waals surface area contributed by atoms with Crippen LogP contribution in [0.2, 0.25) is 0 Å². The van der Waals surface area contributed by atoms with Crippen LogP contribution in [-0.4, -0.2) is 0 Å². The summed E-state index contributed by atoms with van der Waals surface area (Å²) < 4.78 is 0. The lowest BCUT2D eigenvalue weighted by Crippen LogP contribution is -2.17. The van der Waals surface area contributed by atoms with Crippen LogP contribution >= 0.6 is 0 Å². The van der Waals surface area contributed by atoms with E-state index >= 15 is 0 Å². The van der Waals surface area contributed by atoms with Crippen LogP contribution < -0.4 is 0 Å². The van der Waals surface area contributed by atoms with Gasteiger partial charge in [-0.05, 0) is 49.4 Å². The number of hydrogen-bond acceptors (Lipinski definition) is 0. The summed E-state index contributed by atoms with van der Waals surface area (Å²) in [5, 5.41) is 0. The molecule has 0 heteroatoms. The maximum Gasteiger partial charge on any atom is -0.0169 e. The van der Waals surface area contributed by atoms with Crippen LogP contribution in [0.1, 0.15) is 25.7 Å². The molecule has 0 radical (unpaired) electrons. The molecule has 0 aliphatic heterocycles. The van der Waals surface area contributed by atoms with E-state index in [1.54, 1.807) is 5.57 Å². The van der Waals surface area contributed by atoms with E-state index in [2.05, 4.69) is 13.2 Å². The predicted octanol–water partition coefficient (Wildman–Crippen LogP) is 3.16. The van der Waals surface area contributed by atoms with Crippen LogP contribution in [0.3, 0.4) is 0 Å². The highest BCUT2D eigenvalue weighted by Gasteiger charge is 2.51. The fourth-order valence-corrected chi connectivity index (χ4v) is 3.88. The van der Waals surface area contributed by atoms with Gasteiger partial charge < -0.3 is 0 Å². The third kappa shape index (κ3) is 0.688. The van der Waals surface area contributed by atoms with Crippen molar-refractivity contribution in [2.75, 3.05) is 0 Å². The van der Waals surface area contributed by atoms with Gasteiger partial charge in [-0.3, -0.25) is 0 Å². The number of fused-ring (bicyclic) bond motifs is 5. The van der Waals surface area contributed by atoms with Crippen molar-refractivity contribution in [2.24, 2.45) is 23.7 Å². The Bertz CT molecular complexity index is 261. The monoisotopic (exact) mass is 160 g/mol. The van der Waals surface area contributed by atoms with Crippen LogP contribution in [-0.2, 0) is 0 Å². The van der Waals surface area contributed by atoms with E-state index in [9.17, 15) is 0 Å². The van der Waals surface area contributed by atoms with Crippen LogP contribution in [0.15, 0.2) is 24.3 Å². The zero-order valence-corrected chi connectivity index (χ0v) is 7.55. The number of allylic oxidation sites excluding steroid dienone is 2. The Morgan fingerprint density at radius 2 is 1.75 bits per heavy atom. The summed E-state index contributed by atoms with van der Waals surface area (Å²) in [7, 11) is 0. The van der Waals surface area contributed by atoms with Crippen molar-refractivity contribution in [3.05, 3.63) is 24.3 Å². The molecule has 0 spiro atoms. The molecule has 3 saturated carbocycles. The first-order chi connectivity index (χ1) is 5.75. The normalized spacial score (nSPS) is 50.3. The Morgan fingerprint density at radius 3 is 2.58 bits per heavy atom. The Balaban J connectivity index is 1.95. The third-order valence-electron chi connectivity index (χ3n) is 4.33. The fourth-order valence-electron chi connectivity index (χ4n) is 3.88. The van der Waals surface area contributed by atoms with Crippen molar-refractivity contribution in [3.8, 4) is 0 Å². The molecular weight excluding hydrogens is 144 g/mol. The average Bonchev–Trinajstić information content (AvgIpc) is 2.57. The number of hydrogen-bond donors (Lipinski definition) is 0. The predicted molar refractivity (Wildman–Crippen MR) is 50.7 cm³/mol. The topological polar surface area (TPSA) is 0 Å². The third-order valence-corrected chi connectivity index (χ3v) is 4.33. The second kappa shape index (κ2) is 2.04. The van der Waals surface area contributed by atoms with Gasteiger partial charge in [-0.1, -0.05) is 24.3 Å². The molecule has 0 aromatic rings. The van der Waals surface area contributed by atoms with Gasteiger partial charge in [-0.15, -0.1) is 0 Å². The summed E-state index contributed by atoms with van der Waals surface area (Å²) >= 11 is 0. The van der Waals surface area contributed by atoms with E-state index in [0.29, 0.717) is 0 Å². The summed E-state index contributed by atoms with van der Waals surface area (Å²) in [4.78, 5) is 0. The maximum absolute atomic E-state index is 4.19. The minimum Gasteiger partial charge on any atom is -0.0998 e. The van der Waals surface area contributed by atoms with Gasteiger partial charge in [0.15, 0.2) is 0 Å². The van der Waals surface area contributed by atoms with E-state index in [-0.39, 0.29) is 0 Å². The summed E-state index contributed by atoms with van der Waals surface area (Å²) in [6, 6.07) is 0. The first-order valence-electron chi connectivity index (χ1n) is 5.10. The van der Waals surface area contributed by atoms with Crippen LogP contribution in [0, 0.1) is 23.7 Å². The van der Waals surface area contributed by atoms with E-state index in [1.807, 2.05) is 0 Å². The molecule has 3 rings (SSSR count). The van der Waals surface area contributed by atoms with E-state index in [4.69, 9.17) is 0 Å². The SMILES string of the molecule is C=C1CC2C3CC(=C)C(C3)C2C1. The molecule has 12 heavy (non-hydrogen) atoms. The first-order valence-corrected chi connectivity index (χ1v) is 5.10. The van der Waals surface area contributed by atoms with Crippen molar-refractivity contribution in [2.45, 2.75) is 25.7 Å². The summed E-state index contributed by atoms with van der Waals surface area (Å²) in [6.45, 7) is 8.32. The lowest BCUT2D eigenvalue weighted by Gasteiger charge is -2.25. The van der Waals surface area contributed by atoms with Crippen molar-refractivity contribution in [1.29, 1.82) is 0 Å². The molecule has 3 aliphatic rings. The van der Waals surface area contributed by atoms with E-state index in [1.165, 1.54) is 31.3 Å². The van der Waals surface area contributed by atoms with Gasteiger partial charge in [0.05, 0.1) is 0 Å². The molecule has 0 aromatic carbocycles. The van der Waals surface area contributed by atoms with Gasteiger partial charge in [-0.2, -0.15) is 0 Å². The Morgan fingerprint density at radius 1 is 1.00 bits per heavy atom. The van der Waals surface area contributed by atoms with Crippen LogP contribution in [0.5, 0.6) is 0 Å². The van der Waals surface area contributed by atoms with Crippen molar-refractivity contribution >= 4 is 0 Å². The van der Waals surface area contributed by atoms with Gasteiger partial charge in [-0.25, -0.2) is 0 Å². The molecule has 4 unspecified atom stereocenters. The second-order valence-electron chi connectivity index (χ2n) is 4.95. The van der Waals surface area contributed by atoms with E-state index in [0.717, 1.165) is 23.7 Å². The molecule has 0 nitrogen and oxygen atoms in total. The molecule has 0 heterocycles. The summed E-state index contributed by atoms with van der Waals surface area (Å²) in [6.07, 6.45) is 5.44. The lowest BCUT2D eigenvalue weighted by atomic mass is 9.80. The van der Waals surface area contributed by atoms with Gasteiger partial charge in [0, 0.05) is 0 Å². The van der Waals surface area contributed by atoms with Crippen LogP contribution in [0.4, 0.5) is 0 Å². The molecule has 64 valence electrons. The Labute approximate surface area is 74.4 Å². The van der Waals surface area contributed by atoms with Crippen molar-refractivity contribution in [3.63, 3.8) is 0 Å². The molecule has 0 N–H and O–H groups in total. The highest BCUT2D eigenvalue weighted by atomic mass is 14.6. The Hall–Kier alpha value is -0.520. The van der Waals surface area contributed by atoms with E-state index < -0.39 is 0 Å². The molecule has 4 atom stereocenters. The first kappa shape index (κ1) is 6.94. The number of rotatable bonds is 0. The summed E-state index contributed by atoms with van der Waals surface area (Å²) in [5.41, 5.74) is 3.06. The highest BCUT2D eigenvalue weighted by Crippen LogP contribution is 2.61. The highest BCUT2D eigenvalue weighted by molar-refractivity contribution is 5.23. The molecule has 0 amide bonds. The molecule has 3 fully saturated rings. The standard InChI is InChI=1S/C12H16/c1-7-3-11-9-5-8(2)10(6-9)12(11)4-7/h9-12H,1-6H2. The summed E-state index contributed by atoms with van der Waals surface area (Å²) in [5.74, 6) is 3.85. The Kier molecular flexibility index (Phi) is 1.18. The zero-order valence-electron chi connectivity index (χ0n) is 7.55. The van der Waals surface area contributed by atoms with Gasteiger partial charge in [0.1, 0.15) is 0 Å². The van der Waals surface area contributed by atoms with Crippen LogP contribution in [0.25, 0.3) is 0 Å². The van der Waals surface area contributed by atoms with Gasteiger partial charge in [0.2, 0.25) is 0 Å². The quantitative estimate of drug-likeness (QED) is 0.477. The van der Waals surface area contributed by atoms with Gasteiger partial charge >= 0.3 is 0 Å². The largest absolute Gasteiger partial charge is 0.0998 e. The second-order valence-corrected chi connectivity index (χ2v) is 4.95. The van der Waals surface area contributed by atoms with Gasteiger partial charge in [0.25, 0.3) is 0 Å². The average molecular weight is 160 g/mol. The lowest BCUT2D eigenvalue weighted by molar-refractivity contribution is 0.305. The van der Waals surface area contributed by atoms with Crippen molar-refractivity contribution in [1.82, 2.24) is 0 Å². The fraction of sp³-hybridized carbons (Fsp3) is 0.667. The molecule has 2 bridgehead atoms. The van der Waals surface area contributed by atoms with Crippen molar-refractivity contribution < 1.29 is 0 Å². The molecule has 3 aliphatic carbocycles. The smallest absolute Gasteiger partial charge is 0.0169 e. The minimum absolute atomic E-state index is 0.888.